The molecule has 1 rings (SSSR count). The van der Waals surface area contributed by atoms with Crippen LogP contribution in [0.4, 0.5) is 5.69 Å². The molecule has 0 radical (unpaired) electrons. The maximum Gasteiger partial charge on any atom is 0.243 e. The predicted octanol–water partition coefficient (Wildman–Crippen LogP) is 0.821. The largest absolute Gasteiger partial charge is 0.392 e. The third kappa shape index (κ3) is 12.0. The Morgan fingerprint density at radius 2 is 1.69 bits per heavy atom. The van der Waals surface area contributed by atoms with Gasteiger partial charge in [0.05, 0.1) is 19.2 Å². The van der Waals surface area contributed by atoms with E-state index in [0.717, 1.165) is 18.5 Å². The lowest BCUT2D eigenvalue weighted by molar-refractivity contribution is -0.125. The Labute approximate surface area is 156 Å². The number of hydrogen-bond donors (Lipinski definition) is 5. The number of terminal acetylenes is 1. The summed E-state index contributed by atoms with van der Waals surface area (Å²) in [7, 11) is 0. The van der Waals surface area contributed by atoms with E-state index in [9.17, 15) is 9.59 Å². The van der Waals surface area contributed by atoms with Gasteiger partial charge in [0.2, 0.25) is 11.8 Å². The Morgan fingerprint density at radius 1 is 1.19 bits per heavy atom. The molecule has 26 heavy (non-hydrogen) atoms. The molecule has 0 bridgehead atoms. The van der Waals surface area contributed by atoms with Gasteiger partial charge in [0.1, 0.15) is 0 Å². The van der Waals surface area contributed by atoms with Crippen LogP contribution in [-0.4, -0.2) is 36.1 Å². The fraction of sp³-hybridized carbons (Fsp3) is 0.474. The number of aliphatic hydroxyl groups is 1. The van der Waals surface area contributed by atoms with Crippen LogP contribution in [0.25, 0.3) is 0 Å². The van der Waals surface area contributed by atoms with E-state index >= 15 is 0 Å². The van der Waals surface area contributed by atoms with Gasteiger partial charge in [-0.1, -0.05) is 32.9 Å². The topological polar surface area (TPSA) is 130 Å². The molecule has 0 aliphatic heterocycles. The maximum absolute atomic E-state index is 11.6. The Morgan fingerprint density at radius 3 is 2.08 bits per heavy atom. The fourth-order valence-electron chi connectivity index (χ4n) is 1.49. The highest BCUT2D eigenvalue weighted by Crippen LogP contribution is 2.09. The minimum absolute atomic E-state index is 0.0177. The molecule has 0 aromatic heterocycles. The van der Waals surface area contributed by atoms with E-state index in [1.165, 1.54) is 0 Å². The second kappa shape index (κ2) is 16.1. The summed E-state index contributed by atoms with van der Waals surface area (Å²) in [5, 5.41) is 14.0. The minimum atomic E-state index is -0.619. The van der Waals surface area contributed by atoms with Crippen LogP contribution in [0.15, 0.2) is 24.3 Å². The molecule has 0 saturated heterocycles. The number of carbonyl (C=O) groups is 2. The van der Waals surface area contributed by atoms with Gasteiger partial charge in [-0.3, -0.25) is 9.59 Å². The molecule has 0 fully saturated rings. The first-order valence-corrected chi connectivity index (χ1v) is 8.42. The summed E-state index contributed by atoms with van der Waals surface area (Å²) < 4.78 is 0. The monoisotopic (exact) mass is 364 g/mol. The molecule has 1 atom stereocenters. The quantitative estimate of drug-likeness (QED) is 0.457. The van der Waals surface area contributed by atoms with Crippen molar-refractivity contribution in [3.8, 4) is 12.8 Å². The van der Waals surface area contributed by atoms with E-state index in [1.807, 2.05) is 13.8 Å². The van der Waals surface area contributed by atoms with E-state index < -0.39 is 6.04 Å². The van der Waals surface area contributed by atoms with Gasteiger partial charge in [0.15, 0.2) is 0 Å². The van der Waals surface area contributed by atoms with E-state index in [0.29, 0.717) is 5.69 Å². The van der Waals surface area contributed by atoms with E-state index in [1.54, 1.807) is 24.3 Å². The van der Waals surface area contributed by atoms with Crippen LogP contribution in [-0.2, 0) is 16.2 Å². The average molecular weight is 364 g/mol. The summed E-state index contributed by atoms with van der Waals surface area (Å²) in [5.41, 5.74) is 12.1. The van der Waals surface area contributed by atoms with Gasteiger partial charge < -0.3 is 27.2 Å². The lowest BCUT2D eigenvalue weighted by atomic mass is 10.1. The molecule has 1 aromatic carbocycles. The van der Waals surface area contributed by atoms with Crippen molar-refractivity contribution in [2.75, 3.05) is 18.4 Å². The van der Waals surface area contributed by atoms with Gasteiger partial charge in [-0.25, -0.2) is 0 Å². The van der Waals surface area contributed by atoms with Crippen LogP contribution in [0.5, 0.6) is 0 Å². The Hall–Kier alpha value is -2.40. The molecule has 0 saturated carbocycles. The number of nitrogens with two attached hydrogens (primary N) is 2. The summed E-state index contributed by atoms with van der Waals surface area (Å²) in [6, 6.07) is 6.17. The second-order valence-corrected chi connectivity index (χ2v) is 5.68. The van der Waals surface area contributed by atoms with Crippen molar-refractivity contribution in [1.29, 1.82) is 0 Å². The van der Waals surface area contributed by atoms with Gasteiger partial charge in [0, 0.05) is 5.69 Å². The van der Waals surface area contributed by atoms with Crippen molar-refractivity contribution >= 4 is 17.5 Å². The predicted molar refractivity (Wildman–Crippen MR) is 106 cm³/mol. The van der Waals surface area contributed by atoms with Crippen LogP contribution < -0.4 is 22.1 Å². The highest BCUT2D eigenvalue weighted by Gasteiger charge is 2.17. The molecule has 146 valence electrons. The molecule has 2 amide bonds. The van der Waals surface area contributed by atoms with Crippen molar-refractivity contribution in [1.82, 2.24) is 5.32 Å². The van der Waals surface area contributed by atoms with Crippen molar-refractivity contribution in [3.05, 3.63) is 29.8 Å². The Bertz CT molecular complexity index is 525. The standard InChI is InChI=1S/C14H21N3O3.C3H9N.C2H2/c1-9(2)13(15)14(20)16-7-12(19)17-11-5-3-10(8-18)4-6-11;1-2-3-4;1-2/h3-6,9,13,18H,7-8,15H2,1-2H3,(H,16,20)(H,17,19);2-4H2,1H3;1-2H. The normalized spacial score (nSPS) is 10.5. The first-order chi connectivity index (χ1) is 12.3. The summed E-state index contributed by atoms with van der Waals surface area (Å²) in [6.45, 7) is 6.39. The Balaban J connectivity index is 0. The molecule has 1 unspecified atom stereocenters. The van der Waals surface area contributed by atoms with Gasteiger partial charge >= 0.3 is 0 Å². The lowest BCUT2D eigenvalue weighted by Gasteiger charge is -2.15. The number of hydrogen-bond acceptors (Lipinski definition) is 5. The van der Waals surface area contributed by atoms with Crippen LogP contribution >= 0.6 is 0 Å². The van der Waals surface area contributed by atoms with Gasteiger partial charge in [0.25, 0.3) is 0 Å². The van der Waals surface area contributed by atoms with Crippen LogP contribution in [0, 0.1) is 18.8 Å². The highest BCUT2D eigenvalue weighted by atomic mass is 16.3. The number of amides is 2. The third-order valence-corrected chi connectivity index (χ3v) is 3.15. The molecule has 0 spiro atoms. The molecule has 1 aromatic rings. The van der Waals surface area contributed by atoms with Crippen LogP contribution in [0.3, 0.4) is 0 Å². The molecular weight excluding hydrogens is 332 g/mol. The van der Waals surface area contributed by atoms with Crippen LogP contribution in [0.2, 0.25) is 0 Å². The van der Waals surface area contributed by atoms with Crippen molar-refractivity contribution < 1.29 is 14.7 Å². The molecule has 7 heteroatoms. The van der Waals surface area contributed by atoms with Crippen molar-refractivity contribution in [3.63, 3.8) is 0 Å². The van der Waals surface area contributed by atoms with E-state index in [4.69, 9.17) is 16.6 Å². The van der Waals surface area contributed by atoms with Gasteiger partial charge in [-0.05, 0) is 36.6 Å². The first-order valence-electron chi connectivity index (χ1n) is 8.42. The zero-order chi connectivity index (χ0) is 20.5. The highest BCUT2D eigenvalue weighted by molar-refractivity contribution is 5.95. The summed E-state index contributed by atoms with van der Waals surface area (Å²) in [5.74, 6) is -0.652. The Kier molecular flexibility index (Phi) is 16.0. The molecule has 0 aliphatic rings. The molecular formula is C19H32N4O3. The smallest absolute Gasteiger partial charge is 0.243 e. The third-order valence-electron chi connectivity index (χ3n) is 3.15. The number of aliphatic hydroxyl groups excluding tert-OH is 1. The van der Waals surface area contributed by atoms with E-state index in [2.05, 4.69) is 30.4 Å². The van der Waals surface area contributed by atoms with Gasteiger partial charge in [-0.2, -0.15) is 0 Å². The number of nitrogens with one attached hydrogen (secondary N) is 2. The lowest BCUT2D eigenvalue weighted by Crippen LogP contribution is -2.46. The molecule has 0 aliphatic carbocycles. The summed E-state index contributed by atoms with van der Waals surface area (Å²) in [6.07, 6.45) is 9.10. The van der Waals surface area contributed by atoms with Crippen LogP contribution in [0.1, 0.15) is 32.8 Å². The first kappa shape index (κ1) is 25.8. The SMILES string of the molecule is C#C.CC(C)C(N)C(=O)NCC(=O)Nc1ccc(CO)cc1.CCCN. The second-order valence-electron chi connectivity index (χ2n) is 5.68. The number of anilines is 1. The molecule has 7 N–H and O–H groups in total. The zero-order valence-electron chi connectivity index (χ0n) is 15.9. The summed E-state index contributed by atoms with van der Waals surface area (Å²) in [4.78, 5) is 23.2. The van der Waals surface area contributed by atoms with Crippen molar-refractivity contribution in [2.45, 2.75) is 39.8 Å². The van der Waals surface area contributed by atoms with E-state index in [-0.39, 0.29) is 30.9 Å². The summed E-state index contributed by atoms with van der Waals surface area (Å²) >= 11 is 0. The number of benzene rings is 1. The minimum Gasteiger partial charge on any atom is -0.392 e. The number of carbonyl (C=O) groups excluding carboxylic acids is 2. The van der Waals surface area contributed by atoms with Gasteiger partial charge in [-0.15, -0.1) is 12.8 Å². The number of rotatable bonds is 7. The maximum atomic E-state index is 11.6. The molecule has 0 heterocycles. The van der Waals surface area contributed by atoms with Crippen molar-refractivity contribution in [2.24, 2.45) is 17.4 Å². The molecule has 7 nitrogen and oxygen atoms in total. The fourth-order valence-corrected chi connectivity index (χ4v) is 1.49. The average Bonchev–Trinajstić information content (AvgIpc) is 2.67. The zero-order valence-corrected chi connectivity index (χ0v) is 15.9.